The molecule has 0 aliphatic carbocycles. The largest absolute Gasteiger partial charge is 0.348 e. The van der Waals surface area contributed by atoms with Crippen LogP contribution in [0.3, 0.4) is 0 Å². The zero-order chi connectivity index (χ0) is 23.4. The van der Waals surface area contributed by atoms with Gasteiger partial charge in [0, 0.05) is 12.8 Å². The fraction of sp³-hybridized carbons (Fsp3) is 0.708. The van der Waals surface area contributed by atoms with Gasteiger partial charge in [0.25, 0.3) is 5.16 Å². The van der Waals surface area contributed by atoms with Gasteiger partial charge < -0.3 is 9.47 Å². The normalized spacial score (nSPS) is 15.8. The SMILES string of the molecule is CCCCCCCC1(CCCCCCCS(=O)(=O)c2nnnn2-c2ccccc2)OCCO1. The second-order valence-corrected chi connectivity index (χ2v) is 10.8. The van der Waals surface area contributed by atoms with E-state index < -0.39 is 9.84 Å². The third kappa shape index (κ3) is 7.86. The fourth-order valence-corrected chi connectivity index (χ4v) is 5.65. The van der Waals surface area contributed by atoms with Crippen LogP contribution in [0.1, 0.15) is 84.0 Å². The maximum atomic E-state index is 12.8. The molecule has 1 aromatic heterocycles. The quantitative estimate of drug-likeness (QED) is 0.317. The van der Waals surface area contributed by atoms with Gasteiger partial charge in [0.05, 0.1) is 24.7 Å². The number of benzene rings is 1. The van der Waals surface area contributed by atoms with Crippen molar-refractivity contribution in [1.82, 2.24) is 20.2 Å². The molecule has 3 rings (SSSR count). The molecule has 1 aromatic carbocycles. The van der Waals surface area contributed by atoms with Crippen LogP contribution in [0.2, 0.25) is 0 Å². The van der Waals surface area contributed by atoms with E-state index in [1.807, 2.05) is 18.2 Å². The Morgan fingerprint density at radius 1 is 0.879 bits per heavy atom. The molecule has 0 bridgehead atoms. The first-order chi connectivity index (χ1) is 16.1. The van der Waals surface area contributed by atoms with E-state index in [-0.39, 0.29) is 16.7 Å². The van der Waals surface area contributed by atoms with E-state index in [2.05, 4.69) is 22.4 Å². The lowest BCUT2D eigenvalue weighted by atomic mass is 9.99. The van der Waals surface area contributed by atoms with Gasteiger partial charge in [-0.15, -0.1) is 0 Å². The predicted molar refractivity (Wildman–Crippen MR) is 127 cm³/mol. The number of sulfone groups is 1. The zero-order valence-electron chi connectivity index (χ0n) is 19.8. The summed E-state index contributed by atoms with van der Waals surface area (Å²) in [5.74, 6) is -0.335. The van der Waals surface area contributed by atoms with Crippen LogP contribution in [0, 0.1) is 0 Å². The Morgan fingerprint density at radius 3 is 2.15 bits per heavy atom. The fourth-order valence-electron chi connectivity index (χ4n) is 4.32. The average Bonchev–Trinajstić information content (AvgIpc) is 3.50. The smallest absolute Gasteiger partial charge is 0.272 e. The molecule has 0 unspecified atom stereocenters. The Labute approximate surface area is 198 Å². The Balaban J connectivity index is 1.35. The van der Waals surface area contributed by atoms with E-state index in [1.54, 1.807) is 12.1 Å². The number of rotatable bonds is 16. The van der Waals surface area contributed by atoms with Crippen LogP contribution in [0.15, 0.2) is 35.5 Å². The number of hydrogen-bond donors (Lipinski definition) is 0. The van der Waals surface area contributed by atoms with Crippen molar-refractivity contribution in [3.63, 3.8) is 0 Å². The van der Waals surface area contributed by atoms with Crippen LogP contribution in [-0.2, 0) is 19.3 Å². The average molecular weight is 479 g/mol. The van der Waals surface area contributed by atoms with Gasteiger partial charge in [-0.25, -0.2) is 8.42 Å². The number of unbranched alkanes of at least 4 members (excludes halogenated alkanes) is 8. The highest BCUT2D eigenvalue weighted by atomic mass is 32.2. The van der Waals surface area contributed by atoms with Crippen LogP contribution in [0.25, 0.3) is 5.69 Å². The van der Waals surface area contributed by atoms with Gasteiger partial charge >= 0.3 is 0 Å². The third-order valence-corrected chi connectivity index (χ3v) is 7.80. The number of ether oxygens (including phenoxy) is 2. The van der Waals surface area contributed by atoms with Crippen molar-refractivity contribution in [1.29, 1.82) is 0 Å². The molecule has 9 heteroatoms. The minimum atomic E-state index is -3.54. The highest BCUT2D eigenvalue weighted by molar-refractivity contribution is 7.91. The second kappa shape index (κ2) is 13.2. The lowest BCUT2D eigenvalue weighted by Crippen LogP contribution is -2.30. The summed E-state index contributed by atoms with van der Waals surface area (Å²) in [7, 11) is -3.54. The number of nitrogens with zero attached hydrogens (tertiary/aromatic N) is 4. The van der Waals surface area contributed by atoms with Gasteiger partial charge in [0.1, 0.15) is 0 Å². The molecule has 0 saturated carbocycles. The Morgan fingerprint density at radius 2 is 1.48 bits per heavy atom. The van der Waals surface area contributed by atoms with Crippen molar-refractivity contribution in [3.8, 4) is 5.69 Å². The summed E-state index contributed by atoms with van der Waals surface area (Å²) < 4.78 is 38.8. The molecule has 1 aliphatic heterocycles. The standard InChI is InChI=1S/C24H38N4O4S/c1-2-3-4-6-12-17-24(31-19-20-32-24)18-13-7-5-8-14-21-33(29,30)23-25-26-27-28(23)22-15-10-9-11-16-22/h9-11,15-16H,2-8,12-14,17-21H2,1H3. The molecule has 184 valence electrons. The van der Waals surface area contributed by atoms with Crippen molar-refractivity contribution in [3.05, 3.63) is 30.3 Å². The van der Waals surface area contributed by atoms with Gasteiger partial charge in [-0.2, -0.15) is 4.68 Å². The first-order valence-corrected chi connectivity index (χ1v) is 14.1. The van der Waals surface area contributed by atoms with E-state index in [9.17, 15) is 8.42 Å². The highest BCUT2D eigenvalue weighted by Gasteiger charge is 2.35. The van der Waals surface area contributed by atoms with Crippen molar-refractivity contribution in [2.75, 3.05) is 19.0 Å². The molecule has 0 atom stereocenters. The molecule has 0 radical (unpaired) electrons. The van der Waals surface area contributed by atoms with Gasteiger partial charge in [0.15, 0.2) is 5.79 Å². The third-order valence-electron chi connectivity index (χ3n) is 6.17. The molecule has 8 nitrogen and oxygen atoms in total. The molecule has 2 aromatic rings. The zero-order valence-corrected chi connectivity index (χ0v) is 20.6. The predicted octanol–water partition coefficient (Wildman–Crippen LogP) is 4.88. The van der Waals surface area contributed by atoms with E-state index in [1.165, 1.54) is 30.4 Å². The molecule has 1 saturated heterocycles. The molecule has 2 heterocycles. The van der Waals surface area contributed by atoms with E-state index in [4.69, 9.17) is 9.47 Å². The molecule has 0 spiro atoms. The van der Waals surface area contributed by atoms with Crippen molar-refractivity contribution in [2.45, 2.75) is 94.9 Å². The number of para-hydroxylation sites is 1. The molecular weight excluding hydrogens is 440 g/mol. The summed E-state index contributed by atoms with van der Waals surface area (Å²) in [5, 5.41) is 11.1. The number of hydrogen-bond acceptors (Lipinski definition) is 7. The van der Waals surface area contributed by atoms with Crippen molar-refractivity contribution >= 4 is 9.84 Å². The summed E-state index contributed by atoms with van der Waals surface area (Å²) in [6, 6.07) is 9.08. The summed E-state index contributed by atoms with van der Waals surface area (Å²) in [6.07, 6.45) is 12.7. The number of tetrazole rings is 1. The molecule has 33 heavy (non-hydrogen) atoms. The van der Waals surface area contributed by atoms with Crippen LogP contribution < -0.4 is 0 Å². The maximum absolute atomic E-state index is 12.8. The lowest BCUT2D eigenvalue weighted by Gasteiger charge is -2.27. The molecule has 1 aliphatic rings. The van der Waals surface area contributed by atoms with Gasteiger partial charge in [-0.3, -0.25) is 0 Å². The van der Waals surface area contributed by atoms with E-state index >= 15 is 0 Å². The summed E-state index contributed by atoms with van der Waals surface area (Å²) >= 11 is 0. The Kier molecular flexibility index (Phi) is 10.3. The topological polar surface area (TPSA) is 96.2 Å². The van der Waals surface area contributed by atoms with Crippen LogP contribution in [-0.4, -0.2) is 53.4 Å². The summed E-state index contributed by atoms with van der Waals surface area (Å²) in [6.45, 7) is 3.61. The van der Waals surface area contributed by atoms with Crippen LogP contribution in [0.5, 0.6) is 0 Å². The highest BCUT2D eigenvalue weighted by Crippen LogP contribution is 2.32. The number of aromatic nitrogens is 4. The maximum Gasteiger partial charge on any atom is 0.272 e. The van der Waals surface area contributed by atoms with E-state index in [0.717, 1.165) is 44.9 Å². The lowest BCUT2D eigenvalue weighted by molar-refractivity contribution is -0.168. The molecular formula is C24H38N4O4S. The van der Waals surface area contributed by atoms with E-state index in [0.29, 0.717) is 25.3 Å². The minimum Gasteiger partial charge on any atom is -0.348 e. The Hall–Kier alpha value is -1.84. The summed E-state index contributed by atoms with van der Waals surface area (Å²) in [5.41, 5.74) is 0.636. The minimum absolute atomic E-state index is 0.0497. The molecule has 1 fully saturated rings. The molecule has 0 amide bonds. The Bertz CT molecular complexity index is 912. The van der Waals surface area contributed by atoms with Gasteiger partial charge in [0.2, 0.25) is 9.84 Å². The van der Waals surface area contributed by atoms with Crippen LogP contribution >= 0.6 is 0 Å². The first-order valence-electron chi connectivity index (χ1n) is 12.4. The summed E-state index contributed by atoms with van der Waals surface area (Å²) in [4.78, 5) is 0. The van der Waals surface area contributed by atoms with Crippen molar-refractivity contribution < 1.29 is 17.9 Å². The van der Waals surface area contributed by atoms with Crippen LogP contribution in [0.4, 0.5) is 0 Å². The van der Waals surface area contributed by atoms with Gasteiger partial charge in [-0.1, -0.05) is 75.2 Å². The van der Waals surface area contributed by atoms with Gasteiger partial charge in [-0.05, 0) is 41.8 Å². The first kappa shape index (κ1) is 25.8. The monoisotopic (exact) mass is 478 g/mol. The second-order valence-electron chi connectivity index (χ2n) is 8.82. The molecule has 0 N–H and O–H groups in total. The van der Waals surface area contributed by atoms with Crippen molar-refractivity contribution in [2.24, 2.45) is 0 Å².